The summed E-state index contributed by atoms with van der Waals surface area (Å²) in [5, 5.41) is 18.5. The molecule has 0 amide bonds. The molecule has 1 heterocycles. The van der Waals surface area contributed by atoms with Crippen molar-refractivity contribution in [3.05, 3.63) is 10.6 Å². The summed E-state index contributed by atoms with van der Waals surface area (Å²) in [6.45, 7) is 1.84. The van der Waals surface area contributed by atoms with Gasteiger partial charge in [-0.3, -0.25) is 5.41 Å². The van der Waals surface area contributed by atoms with Gasteiger partial charge in [-0.1, -0.05) is 6.92 Å². The van der Waals surface area contributed by atoms with Crippen LogP contribution in [0.15, 0.2) is 0 Å². The highest BCUT2D eigenvalue weighted by molar-refractivity contribution is 7.16. The van der Waals surface area contributed by atoms with Gasteiger partial charge in [0.05, 0.1) is 0 Å². The molecular formula is C7H10N4O2S. The molecule has 0 spiro atoms. The quantitative estimate of drug-likeness (QED) is 0.437. The van der Waals surface area contributed by atoms with Crippen LogP contribution in [0.2, 0.25) is 0 Å². The van der Waals surface area contributed by atoms with Crippen LogP contribution in [0.25, 0.3) is 0 Å². The molecule has 14 heavy (non-hydrogen) atoms. The topological polar surface area (TPSA) is 112 Å². The van der Waals surface area contributed by atoms with E-state index in [1.165, 1.54) is 11.3 Å². The maximum atomic E-state index is 10.7. The first-order valence-corrected chi connectivity index (χ1v) is 4.70. The number of nitrogens with zero attached hydrogens (tertiary/aromatic N) is 1. The van der Waals surface area contributed by atoms with E-state index < -0.39 is 5.97 Å². The van der Waals surface area contributed by atoms with Crippen LogP contribution in [0.4, 0.5) is 5.13 Å². The number of guanidine groups is 1. The third-order valence-corrected chi connectivity index (χ3v) is 2.58. The van der Waals surface area contributed by atoms with Crippen molar-refractivity contribution in [2.75, 3.05) is 5.32 Å². The van der Waals surface area contributed by atoms with E-state index >= 15 is 0 Å². The van der Waals surface area contributed by atoms with Gasteiger partial charge in [0.25, 0.3) is 0 Å². The van der Waals surface area contributed by atoms with Gasteiger partial charge in [-0.05, 0) is 6.42 Å². The number of nitrogens with two attached hydrogens (primary N) is 1. The molecule has 0 saturated heterocycles. The zero-order chi connectivity index (χ0) is 10.7. The number of carbonyl (C=O) groups is 1. The minimum atomic E-state index is -1.06. The second kappa shape index (κ2) is 4.05. The molecule has 0 bridgehead atoms. The van der Waals surface area contributed by atoms with Crippen LogP contribution < -0.4 is 11.1 Å². The molecule has 7 heteroatoms. The van der Waals surface area contributed by atoms with E-state index in [-0.39, 0.29) is 11.7 Å². The van der Waals surface area contributed by atoms with Crippen LogP contribution in [-0.4, -0.2) is 22.0 Å². The third-order valence-electron chi connectivity index (χ3n) is 1.46. The first-order chi connectivity index (χ1) is 6.54. The molecule has 1 aromatic heterocycles. The number of hydrogen-bond acceptors (Lipinski definition) is 4. The summed E-state index contributed by atoms with van der Waals surface area (Å²) in [6, 6.07) is 0. The van der Waals surface area contributed by atoms with Crippen molar-refractivity contribution in [3.63, 3.8) is 0 Å². The molecule has 5 N–H and O–H groups in total. The van der Waals surface area contributed by atoms with Crippen molar-refractivity contribution in [2.24, 2.45) is 5.73 Å². The molecule has 0 unspecified atom stereocenters. The normalized spacial score (nSPS) is 9.79. The Balaban J connectivity index is 3.00. The third kappa shape index (κ3) is 2.19. The zero-order valence-corrected chi connectivity index (χ0v) is 8.31. The largest absolute Gasteiger partial charge is 0.476 e. The second-order valence-electron chi connectivity index (χ2n) is 2.49. The van der Waals surface area contributed by atoms with E-state index in [0.29, 0.717) is 16.4 Å². The average molecular weight is 214 g/mol. The number of nitrogens with one attached hydrogen (secondary N) is 2. The molecule has 1 rings (SSSR count). The Labute approximate surface area is 84.3 Å². The number of hydrogen-bond donors (Lipinski definition) is 4. The van der Waals surface area contributed by atoms with Gasteiger partial charge >= 0.3 is 5.97 Å². The fraction of sp³-hybridized carbons (Fsp3) is 0.286. The highest BCUT2D eigenvalue weighted by Crippen LogP contribution is 2.23. The summed E-state index contributed by atoms with van der Waals surface area (Å²) in [7, 11) is 0. The van der Waals surface area contributed by atoms with Gasteiger partial charge in [-0.2, -0.15) is 0 Å². The van der Waals surface area contributed by atoms with Gasteiger partial charge in [0.15, 0.2) is 16.8 Å². The summed E-state index contributed by atoms with van der Waals surface area (Å²) >= 11 is 1.19. The lowest BCUT2D eigenvalue weighted by molar-refractivity contribution is 0.0690. The number of carboxylic acids is 1. The summed E-state index contributed by atoms with van der Waals surface area (Å²) in [5.74, 6) is -1.31. The smallest absolute Gasteiger partial charge is 0.355 e. The van der Waals surface area contributed by atoms with Gasteiger partial charge in [0.1, 0.15) is 0 Å². The van der Waals surface area contributed by atoms with Crippen molar-refractivity contribution in [2.45, 2.75) is 13.3 Å². The zero-order valence-electron chi connectivity index (χ0n) is 7.50. The molecular weight excluding hydrogens is 204 g/mol. The minimum absolute atomic E-state index is 0.0289. The Kier molecular flexibility index (Phi) is 3.03. The number of rotatable bonds is 3. The van der Waals surface area contributed by atoms with E-state index in [4.69, 9.17) is 16.2 Å². The molecule has 0 aliphatic heterocycles. The van der Waals surface area contributed by atoms with Gasteiger partial charge in [0.2, 0.25) is 0 Å². The van der Waals surface area contributed by atoms with Crippen molar-refractivity contribution in [1.29, 1.82) is 5.41 Å². The van der Waals surface area contributed by atoms with Crippen molar-refractivity contribution in [3.8, 4) is 0 Å². The van der Waals surface area contributed by atoms with Crippen LogP contribution in [0.1, 0.15) is 22.3 Å². The molecule has 0 aliphatic carbocycles. The Hall–Kier alpha value is -1.63. The van der Waals surface area contributed by atoms with Crippen LogP contribution in [-0.2, 0) is 6.42 Å². The van der Waals surface area contributed by atoms with Crippen molar-refractivity contribution >= 4 is 28.4 Å². The lowest BCUT2D eigenvalue weighted by Gasteiger charge is -1.94. The van der Waals surface area contributed by atoms with Crippen LogP contribution >= 0.6 is 11.3 Å². The Morgan fingerprint density at radius 3 is 2.79 bits per heavy atom. The van der Waals surface area contributed by atoms with Gasteiger partial charge in [0, 0.05) is 4.88 Å². The maximum absolute atomic E-state index is 10.7. The average Bonchev–Trinajstić information content (AvgIpc) is 2.46. The first-order valence-electron chi connectivity index (χ1n) is 3.88. The Morgan fingerprint density at radius 2 is 2.43 bits per heavy atom. The van der Waals surface area contributed by atoms with E-state index in [1.807, 2.05) is 6.92 Å². The van der Waals surface area contributed by atoms with Gasteiger partial charge in [-0.15, -0.1) is 11.3 Å². The highest BCUT2D eigenvalue weighted by Gasteiger charge is 2.15. The number of thiazole rings is 1. The van der Waals surface area contributed by atoms with Crippen molar-refractivity contribution in [1.82, 2.24) is 4.98 Å². The summed E-state index contributed by atoms with van der Waals surface area (Å²) in [5.41, 5.74) is 5.12. The molecule has 0 fully saturated rings. The molecule has 0 saturated carbocycles. The molecule has 76 valence electrons. The summed E-state index contributed by atoms with van der Waals surface area (Å²) in [4.78, 5) is 15.2. The summed E-state index contributed by atoms with van der Waals surface area (Å²) in [6.07, 6.45) is 0.596. The second-order valence-corrected chi connectivity index (χ2v) is 3.57. The van der Waals surface area contributed by atoms with Crippen LogP contribution in [0, 0.1) is 5.41 Å². The number of aromatic carboxylic acids is 1. The molecule has 0 atom stereocenters. The Bertz CT molecular complexity index is 374. The predicted octanol–water partition coefficient (Wildman–Crippen LogP) is 0.709. The summed E-state index contributed by atoms with van der Waals surface area (Å²) < 4.78 is 0. The predicted molar refractivity (Wildman–Crippen MR) is 54.0 cm³/mol. The van der Waals surface area contributed by atoms with E-state index in [2.05, 4.69) is 10.3 Å². The fourth-order valence-corrected chi connectivity index (χ4v) is 1.83. The lowest BCUT2D eigenvalue weighted by atomic mass is 10.3. The number of anilines is 1. The monoisotopic (exact) mass is 214 g/mol. The molecule has 0 radical (unpaired) electrons. The maximum Gasteiger partial charge on any atom is 0.355 e. The molecule has 6 nitrogen and oxygen atoms in total. The lowest BCUT2D eigenvalue weighted by Crippen LogP contribution is -2.20. The van der Waals surface area contributed by atoms with E-state index in [0.717, 1.165) is 0 Å². The van der Waals surface area contributed by atoms with Gasteiger partial charge in [-0.25, -0.2) is 9.78 Å². The number of carboxylic acid groups (broad SMARTS) is 1. The minimum Gasteiger partial charge on any atom is -0.476 e. The SMILES string of the molecule is CCc1sc(NC(=N)N)nc1C(=O)O. The number of aryl methyl sites for hydroxylation is 1. The Morgan fingerprint density at radius 1 is 1.79 bits per heavy atom. The highest BCUT2D eigenvalue weighted by atomic mass is 32.1. The van der Waals surface area contributed by atoms with E-state index in [9.17, 15) is 4.79 Å². The van der Waals surface area contributed by atoms with Crippen LogP contribution in [0.3, 0.4) is 0 Å². The first kappa shape index (κ1) is 10.5. The molecule has 0 aromatic carbocycles. The van der Waals surface area contributed by atoms with Gasteiger partial charge < -0.3 is 16.2 Å². The number of aromatic nitrogens is 1. The fourth-order valence-electron chi connectivity index (χ4n) is 0.927. The van der Waals surface area contributed by atoms with E-state index in [1.54, 1.807) is 0 Å². The van der Waals surface area contributed by atoms with Crippen LogP contribution in [0.5, 0.6) is 0 Å². The standard InChI is InChI=1S/C7H10N4O2S/c1-2-3-4(5(12)13)10-7(14-3)11-6(8)9/h2H2,1H3,(H,12,13)(H4,8,9,10,11). The molecule has 0 aliphatic rings. The molecule has 1 aromatic rings. The van der Waals surface area contributed by atoms with Crippen molar-refractivity contribution < 1.29 is 9.90 Å².